The number of rotatable bonds is 0. The number of anilines is 1. The first kappa shape index (κ1) is 11.1. The third-order valence-electron chi connectivity index (χ3n) is 2.69. The maximum Gasteiger partial charge on any atom is 0.0313 e. The lowest BCUT2D eigenvalue weighted by molar-refractivity contribution is 0.385. The lowest BCUT2D eigenvalue weighted by atomic mass is 9.91. The predicted molar refractivity (Wildman–Crippen MR) is 65.2 cm³/mol. The molecule has 1 nitrogen and oxygen atoms in total. The summed E-state index contributed by atoms with van der Waals surface area (Å²) in [7, 11) is 0. The van der Waals surface area contributed by atoms with E-state index in [1.807, 2.05) is 30.3 Å². The summed E-state index contributed by atoms with van der Waals surface area (Å²) in [5.74, 6) is 1.04. The van der Waals surface area contributed by atoms with Gasteiger partial charge >= 0.3 is 0 Å². The van der Waals surface area contributed by atoms with Gasteiger partial charge in [0.05, 0.1) is 0 Å². The molecular formula is C13H23N. The molecule has 80 valence electrons. The van der Waals surface area contributed by atoms with Crippen LogP contribution in [0.25, 0.3) is 0 Å². The van der Waals surface area contributed by atoms with Crippen LogP contribution >= 0.6 is 0 Å². The monoisotopic (exact) mass is 193 g/mol. The third kappa shape index (κ3) is 4.90. The van der Waals surface area contributed by atoms with E-state index in [4.69, 9.17) is 5.73 Å². The molecule has 0 spiro atoms. The van der Waals surface area contributed by atoms with Crippen LogP contribution in [0.2, 0.25) is 0 Å². The van der Waals surface area contributed by atoms with Crippen molar-refractivity contribution in [2.45, 2.75) is 39.0 Å². The van der Waals surface area contributed by atoms with Crippen molar-refractivity contribution in [2.24, 2.45) is 5.92 Å². The molecule has 0 aromatic heterocycles. The van der Waals surface area contributed by atoms with Gasteiger partial charge in [0, 0.05) is 7.11 Å². The van der Waals surface area contributed by atoms with E-state index in [-0.39, 0.29) is 1.43 Å². The van der Waals surface area contributed by atoms with Crippen molar-refractivity contribution in [3.8, 4) is 0 Å². The van der Waals surface area contributed by atoms with Gasteiger partial charge < -0.3 is 5.73 Å². The predicted octanol–water partition coefficient (Wildman–Crippen LogP) is 4.10. The summed E-state index contributed by atoms with van der Waals surface area (Å²) in [6.45, 7) is 2.36. The number of hydrogen-bond donors (Lipinski definition) is 1. The first-order chi connectivity index (χ1) is 6.79. The minimum absolute atomic E-state index is 0. The molecule has 1 aromatic carbocycles. The Kier molecular flexibility index (Phi) is 5.13. The first-order valence-electron chi connectivity index (χ1n) is 5.59. The van der Waals surface area contributed by atoms with Crippen LogP contribution < -0.4 is 5.73 Å². The van der Waals surface area contributed by atoms with Gasteiger partial charge in [0.25, 0.3) is 0 Å². The molecule has 0 saturated heterocycles. The summed E-state index contributed by atoms with van der Waals surface area (Å²) in [6.07, 6.45) is 7.44. The Balaban J connectivity index is 0.000000245. The fraction of sp³-hybridized carbons (Fsp3) is 0.538. The maximum absolute atomic E-state index is 5.36. The van der Waals surface area contributed by atoms with E-state index in [0.717, 1.165) is 11.6 Å². The second kappa shape index (κ2) is 6.47. The molecule has 0 bridgehead atoms. The van der Waals surface area contributed by atoms with Crippen LogP contribution in [0.1, 0.15) is 40.5 Å². The highest BCUT2D eigenvalue weighted by Gasteiger charge is 2.05. The van der Waals surface area contributed by atoms with E-state index < -0.39 is 0 Å². The summed E-state index contributed by atoms with van der Waals surface area (Å²) < 4.78 is 0. The largest absolute Gasteiger partial charge is 0.399 e. The van der Waals surface area contributed by atoms with Crippen molar-refractivity contribution in [3.05, 3.63) is 30.3 Å². The Hall–Kier alpha value is -0.980. The number of hydrogen-bond acceptors (Lipinski definition) is 1. The average molecular weight is 193 g/mol. The lowest BCUT2D eigenvalue weighted by Gasteiger charge is -2.15. The second-order valence-electron chi connectivity index (χ2n) is 4.15. The molecule has 1 aliphatic carbocycles. The van der Waals surface area contributed by atoms with Gasteiger partial charge in [0.15, 0.2) is 0 Å². The highest BCUT2D eigenvalue weighted by atomic mass is 14.5. The fourth-order valence-electron chi connectivity index (χ4n) is 1.76. The molecule has 1 fully saturated rings. The van der Waals surface area contributed by atoms with Crippen molar-refractivity contribution in [2.75, 3.05) is 5.73 Å². The van der Waals surface area contributed by atoms with Gasteiger partial charge in [-0.05, 0) is 18.1 Å². The molecule has 0 heterocycles. The summed E-state index contributed by atoms with van der Waals surface area (Å²) in [5, 5.41) is 0. The van der Waals surface area contributed by atoms with Crippen molar-refractivity contribution in [1.82, 2.24) is 0 Å². The van der Waals surface area contributed by atoms with Gasteiger partial charge in [-0.3, -0.25) is 0 Å². The van der Waals surface area contributed by atoms with Crippen LogP contribution in [-0.4, -0.2) is 0 Å². The summed E-state index contributed by atoms with van der Waals surface area (Å²) in [4.78, 5) is 0. The van der Waals surface area contributed by atoms with Gasteiger partial charge in [0.2, 0.25) is 0 Å². The zero-order valence-corrected chi connectivity index (χ0v) is 9.08. The number of nitrogens with two attached hydrogens (primary N) is 1. The van der Waals surface area contributed by atoms with Crippen molar-refractivity contribution in [3.63, 3.8) is 0 Å². The minimum atomic E-state index is 0. The zero-order chi connectivity index (χ0) is 10.2. The SMILES string of the molecule is CC1CCCCC1.Nc1ccccc1.[HH]. The molecule has 0 amide bonds. The second-order valence-corrected chi connectivity index (χ2v) is 4.15. The third-order valence-corrected chi connectivity index (χ3v) is 2.69. The van der Waals surface area contributed by atoms with Gasteiger partial charge in [0.1, 0.15) is 0 Å². The Bertz CT molecular complexity index is 230. The average Bonchev–Trinajstić information content (AvgIpc) is 2.21. The van der Waals surface area contributed by atoms with Gasteiger partial charge in [-0.1, -0.05) is 57.2 Å². The Labute approximate surface area is 88.8 Å². The van der Waals surface area contributed by atoms with Crippen molar-refractivity contribution < 1.29 is 1.43 Å². The fourth-order valence-corrected chi connectivity index (χ4v) is 1.76. The van der Waals surface area contributed by atoms with Crippen LogP contribution in [0.3, 0.4) is 0 Å². The molecule has 14 heavy (non-hydrogen) atoms. The van der Waals surface area contributed by atoms with Crippen LogP contribution in [0.5, 0.6) is 0 Å². The van der Waals surface area contributed by atoms with E-state index >= 15 is 0 Å². The number of benzene rings is 1. The summed E-state index contributed by atoms with van der Waals surface area (Å²) in [6, 6.07) is 9.49. The molecule has 2 N–H and O–H groups in total. The molecule has 1 aromatic rings. The molecule has 0 radical (unpaired) electrons. The van der Waals surface area contributed by atoms with E-state index in [1.54, 1.807) is 0 Å². The Morgan fingerprint density at radius 1 is 1.07 bits per heavy atom. The quantitative estimate of drug-likeness (QED) is 0.617. The normalized spacial score (nSPS) is 16.9. The zero-order valence-electron chi connectivity index (χ0n) is 9.08. The van der Waals surface area contributed by atoms with Crippen LogP contribution in [0.4, 0.5) is 5.69 Å². The molecule has 0 atom stereocenters. The topological polar surface area (TPSA) is 26.0 Å². The standard InChI is InChI=1S/C7H14.C6H7N.H2/c1-7-5-3-2-4-6-7;7-6-4-2-1-3-5-6;/h7H,2-6H2,1H3;1-5H,7H2;1H. The van der Waals surface area contributed by atoms with Crippen LogP contribution in [0.15, 0.2) is 30.3 Å². The molecule has 0 aliphatic heterocycles. The highest BCUT2D eigenvalue weighted by Crippen LogP contribution is 2.22. The van der Waals surface area contributed by atoms with Crippen molar-refractivity contribution >= 4 is 5.69 Å². The molecule has 1 heteroatoms. The maximum atomic E-state index is 5.36. The summed E-state index contributed by atoms with van der Waals surface area (Å²) in [5.41, 5.74) is 6.18. The first-order valence-corrected chi connectivity index (χ1v) is 5.59. The molecular weight excluding hydrogens is 170 g/mol. The van der Waals surface area contributed by atoms with Gasteiger partial charge in [-0.2, -0.15) is 0 Å². The van der Waals surface area contributed by atoms with E-state index in [9.17, 15) is 0 Å². The number of nitrogen functional groups attached to an aromatic ring is 1. The smallest absolute Gasteiger partial charge is 0.0313 e. The van der Waals surface area contributed by atoms with Crippen LogP contribution in [0, 0.1) is 5.92 Å². The summed E-state index contributed by atoms with van der Waals surface area (Å²) >= 11 is 0. The molecule has 0 unspecified atom stereocenters. The molecule has 1 aliphatic rings. The Morgan fingerprint density at radius 3 is 1.93 bits per heavy atom. The lowest BCUT2D eigenvalue weighted by Crippen LogP contribution is -1.99. The van der Waals surface area contributed by atoms with E-state index in [0.29, 0.717) is 0 Å². The van der Waals surface area contributed by atoms with Crippen molar-refractivity contribution in [1.29, 1.82) is 0 Å². The minimum Gasteiger partial charge on any atom is -0.399 e. The number of para-hydroxylation sites is 1. The van der Waals surface area contributed by atoms with E-state index in [2.05, 4.69) is 6.92 Å². The molecule has 2 rings (SSSR count). The van der Waals surface area contributed by atoms with E-state index in [1.165, 1.54) is 32.1 Å². The molecule has 1 saturated carbocycles. The van der Waals surface area contributed by atoms with Crippen LogP contribution in [-0.2, 0) is 0 Å². The van der Waals surface area contributed by atoms with Gasteiger partial charge in [-0.15, -0.1) is 0 Å². The Morgan fingerprint density at radius 2 is 1.64 bits per heavy atom. The highest BCUT2D eigenvalue weighted by molar-refractivity contribution is 5.35. The van der Waals surface area contributed by atoms with Gasteiger partial charge in [-0.25, -0.2) is 0 Å².